The Morgan fingerprint density at radius 3 is 2.41 bits per heavy atom. The summed E-state index contributed by atoms with van der Waals surface area (Å²) in [5, 5.41) is 8.76. The van der Waals surface area contributed by atoms with Gasteiger partial charge in [-0.05, 0) is 54.3 Å². The lowest BCUT2D eigenvalue weighted by molar-refractivity contribution is -0.139. The van der Waals surface area contributed by atoms with E-state index in [2.05, 4.69) is 61.5 Å². The van der Waals surface area contributed by atoms with Crippen LogP contribution in [0, 0.1) is 13.8 Å². The Morgan fingerprint density at radius 2 is 1.72 bits per heavy atom. The monoisotopic (exact) mass is 404 g/mol. The third-order valence-corrected chi connectivity index (χ3v) is 5.37. The Morgan fingerprint density at radius 1 is 0.966 bits per heavy atom. The minimum atomic E-state index is -0.974. The number of carboxylic acid groups (broad SMARTS) is 1. The lowest BCUT2D eigenvalue weighted by Crippen LogP contribution is -2.09. The minimum absolute atomic E-state index is 0.326. The molecule has 1 N–H and O–H groups in total. The van der Waals surface area contributed by atoms with Crippen molar-refractivity contribution in [2.24, 2.45) is 0 Å². The Balaban J connectivity index is 1.76. The van der Waals surface area contributed by atoms with Gasteiger partial charge in [-0.25, -0.2) is 4.79 Å². The van der Waals surface area contributed by atoms with E-state index in [0.29, 0.717) is 5.75 Å². The first-order valence-corrected chi connectivity index (χ1v) is 10.4. The molecule has 0 aliphatic carbocycles. The molecule has 0 aliphatic rings. The molecular weight excluding hydrogens is 380 g/mol. The first-order valence-electron chi connectivity index (χ1n) is 9.43. The smallest absolute Gasteiger partial charge is 0.341 e. The van der Waals surface area contributed by atoms with Gasteiger partial charge < -0.3 is 9.84 Å². The number of carbonyl (C=O) groups is 1. The summed E-state index contributed by atoms with van der Waals surface area (Å²) in [6, 6.07) is 24.8. The SMILES string of the molecule is Cc1cccc(/C(=C\CSc2ccc(OCC(=O)O)c(C)c2)c2ccccc2)c1. The second-order valence-corrected chi connectivity index (χ2v) is 7.87. The van der Waals surface area contributed by atoms with Crippen LogP contribution in [0.15, 0.2) is 83.8 Å². The largest absolute Gasteiger partial charge is 0.482 e. The molecule has 0 heterocycles. The summed E-state index contributed by atoms with van der Waals surface area (Å²) in [4.78, 5) is 11.8. The lowest BCUT2D eigenvalue weighted by Gasteiger charge is -2.11. The summed E-state index contributed by atoms with van der Waals surface area (Å²) in [6.07, 6.45) is 2.26. The first-order chi connectivity index (χ1) is 14.0. The Labute approximate surface area is 176 Å². The van der Waals surface area contributed by atoms with Crippen molar-refractivity contribution in [3.8, 4) is 5.75 Å². The van der Waals surface area contributed by atoms with Crippen LogP contribution in [-0.4, -0.2) is 23.4 Å². The highest BCUT2D eigenvalue weighted by atomic mass is 32.2. The number of thioether (sulfide) groups is 1. The topological polar surface area (TPSA) is 46.5 Å². The summed E-state index contributed by atoms with van der Waals surface area (Å²) < 4.78 is 5.30. The molecule has 0 aromatic heterocycles. The van der Waals surface area contributed by atoms with E-state index in [4.69, 9.17) is 9.84 Å². The fourth-order valence-electron chi connectivity index (χ4n) is 3.07. The number of ether oxygens (including phenoxy) is 1. The zero-order chi connectivity index (χ0) is 20.6. The van der Waals surface area contributed by atoms with Gasteiger partial charge in [-0.15, -0.1) is 11.8 Å². The molecule has 0 spiro atoms. The summed E-state index contributed by atoms with van der Waals surface area (Å²) in [7, 11) is 0. The zero-order valence-electron chi connectivity index (χ0n) is 16.6. The van der Waals surface area contributed by atoms with Crippen molar-refractivity contribution < 1.29 is 14.6 Å². The average Bonchev–Trinajstić information content (AvgIpc) is 2.71. The molecule has 0 saturated heterocycles. The maximum Gasteiger partial charge on any atom is 0.341 e. The van der Waals surface area contributed by atoms with E-state index in [-0.39, 0.29) is 6.61 Å². The zero-order valence-corrected chi connectivity index (χ0v) is 17.4. The molecule has 0 amide bonds. The highest BCUT2D eigenvalue weighted by Crippen LogP contribution is 2.29. The summed E-state index contributed by atoms with van der Waals surface area (Å²) >= 11 is 1.74. The Bertz CT molecular complexity index is 1010. The van der Waals surface area contributed by atoms with E-state index in [1.165, 1.54) is 22.3 Å². The standard InChI is InChI=1S/C25H24O3S/c1-18-7-6-10-21(15-18)23(20-8-4-3-5-9-20)13-14-29-22-11-12-24(19(2)16-22)28-17-25(26)27/h3-13,15-16H,14,17H2,1-2H3,(H,26,27)/b23-13-. The van der Waals surface area contributed by atoms with Gasteiger partial charge in [0.15, 0.2) is 6.61 Å². The highest BCUT2D eigenvalue weighted by Gasteiger charge is 2.07. The number of aliphatic carboxylic acids is 1. The van der Waals surface area contributed by atoms with Crippen molar-refractivity contribution in [2.45, 2.75) is 18.7 Å². The molecule has 0 aliphatic heterocycles. The van der Waals surface area contributed by atoms with Crippen molar-refractivity contribution in [3.05, 3.63) is 101 Å². The molecule has 148 valence electrons. The lowest BCUT2D eigenvalue weighted by atomic mass is 9.97. The van der Waals surface area contributed by atoms with Gasteiger partial charge >= 0.3 is 5.97 Å². The summed E-state index contributed by atoms with van der Waals surface area (Å²) in [6.45, 7) is 3.71. The predicted molar refractivity (Wildman–Crippen MR) is 120 cm³/mol. The molecule has 3 aromatic carbocycles. The second kappa shape index (κ2) is 9.99. The maximum atomic E-state index is 10.7. The third-order valence-electron chi connectivity index (χ3n) is 4.45. The fraction of sp³-hybridized carbons (Fsp3) is 0.160. The number of hydrogen-bond acceptors (Lipinski definition) is 3. The molecule has 0 bridgehead atoms. The molecule has 29 heavy (non-hydrogen) atoms. The number of hydrogen-bond donors (Lipinski definition) is 1. The van der Waals surface area contributed by atoms with Crippen molar-refractivity contribution in [1.29, 1.82) is 0 Å². The average molecular weight is 405 g/mol. The van der Waals surface area contributed by atoms with E-state index in [1.807, 2.05) is 31.2 Å². The predicted octanol–water partition coefficient (Wildman–Crippen LogP) is 5.99. The van der Waals surface area contributed by atoms with Gasteiger partial charge in [0.25, 0.3) is 0 Å². The van der Waals surface area contributed by atoms with Crippen LogP contribution in [0.3, 0.4) is 0 Å². The molecular formula is C25H24O3S. The number of aryl methyl sites for hydroxylation is 2. The van der Waals surface area contributed by atoms with Crippen LogP contribution in [0.25, 0.3) is 5.57 Å². The van der Waals surface area contributed by atoms with Crippen molar-refractivity contribution in [2.75, 3.05) is 12.4 Å². The number of benzene rings is 3. The van der Waals surface area contributed by atoms with E-state index in [0.717, 1.165) is 16.2 Å². The van der Waals surface area contributed by atoms with Crippen molar-refractivity contribution in [3.63, 3.8) is 0 Å². The van der Waals surface area contributed by atoms with Crippen LogP contribution in [0.1, 0.15) is 22.3 Å². The van der Waals surface area contributed by atoms with Crippen LogP contribution in [0.5, 0.6) is 5.75 Å². The van der Waals surface area contributed by atoms with Crippen LogP contribution in [0.2, 0.25) is 0 Å². The molecule has 0 atom stereocenters. The van der Waals surface area contributed by atoms with Gasteiger partial charge in [-0.2, -0.15) is 0 Å². The molecule has 3 nitrogen and oxygen atoms in total. The molecule has 3 rings (SSSR count). The summed E-state index contributed by atoms with van der Waals surface area (Å²) in [5.41, 5.74) is 5.81. The van der Waals surface area contributed by atoms with E-state index < -0.39 is 5.97 Å². The quantitative estimate of drug-likeness (QED) is 0.468. The first kappa shape index (κ1) is 20.7. The van der Waals surface area contributed by atoms with Crippen LogP contribution in [-0.2, 0) is 4.79 Å². The van der Waals surface area contributed by atoms with Gasteiger partial charge in [0, 0.05) is 10.6 Å². The molecule has 0 fully saturated rings. The third kappa shape index (κ3) is 6.00. The van der Waals surface area contributed by atoms with Crippen LogP contribution < -0.4 is 4.74 Å². The van der Waals surface area contributed by atoms with E-state index in [9.17, 15) is 4.79 Å². The fourth-order valence-corrected chi connectivity index (χ4v) is 3.93. The van der Waals surface area contributed by atoms with Crippen LogP contribution >= 0.6 is 11.8 Å². The van der Waals surface area contributed by atoms with Gasteiger partial charge in [-0.1, -0.05) is 66.2 Å². The summed E-state index contributed by atoms with van der Waals surface area (Å²) in [5.74, 6) is 0.460. The number of carboxylic acids is 1. The molecule has 3 aromatic rings. The van der Waals surface area contributed by atoms with Crippen LogP contribution in [0.4, 0.5) is 0 Å². The molecule has 0 radical (unpaired) electrons. The van der Waals surface area contributed by atoms with Crippen molar-refractivity contribution >= 4 is 23.3 Å². The van der Waals surface area contributed by atoms with Crippen molar-refractivity contribution in [1.82, 2.24) is 0 Å². The second-order valence-electron chi connectivity index (χ2n) is 6.77. The van der Waals surface area contributed by atoms with Gasteiger partial charge in [-0.3, -0.25) is 0 Å². The Hall–Kier alpha value is -2.98. The number of rotatable bonds is 8. The van der Waals surface area contributed by atoms with Gasteiger partial charge in [0.05, 0.1) is 0 Å². The maximum absolute atomic E-state index is 10.7. The normalized spacial score (nSPS) is 11.3. The van der Waals surface area contributed by atoms with Gasteiger partial charge in [0.2, 0.25) is 0 Å². The molecule has 0 saturated carbocycles. The molecule has 4 heteroatoms. The minimum Gasteiger partial charge on any atom is -0.482 e. The Kier molecular flexibility index (Phi) is 7.14. The highest BCUT2D eigenvalue weighted by molar-refractivity contribution is 7.99. The van der Waals surface area contributed by atoms with E-state index in [1.54, 1.807) is 11.8 Å². The van der Waals surface area contributed by atoms with E-state index >= 15 is 0 Å². The molecule has 0 unspecified atom stereocenters. The van der Waals surface area contributed by atoms with Gasteiger partial charge in [0.1, 0.15) is 5.75 Å².